The molecule has 0 atom stereocenters. The minimum Gasteiger partial charge on any atom is -0.294 e. The summed E-state index contributed by atoms with van der Waals surface area (Å²) in [4.78, 5) is 22.1. The van der Waals surface area contributed by atoms with Crippen LogP contribution in [0.25, 0.3) is 0 Å². The summed E-state index contributed by atoms with van der Waals surface area (Å²) in [7, 11) is 0. The quantitative estimate of drug-likeness (QED) is 0.624. The monoisotopic (exact) mass is 274 g/mol. The van der Waals surface area contributed by atoms with Crippen LogP contribution >= 0.6 is 27.5 Å². The molecule has 0 radical (unpaired) electrons. The van der Waals surface area contributed by atoms with Gasteiger partial charge in [0.25, 0.3) is 0 Å². The number of carbonyl (C=O) groups excluding carboxylic acids is 2. The molecule has 0 aromatic heterocycles. The molecule has 0 aliphatic heterocycles. The van der Waals surface area contributed by atoms with Crippen molar-refractivity contribution in [1.82, 2.24) is 0 Å². The van der Waals surface area contributed by atoms with Crippen molar-refractivity contribution in [2.24, 2.45) is 0 Å². The largest absolute Gasteiger partial charge is 0.294 e. The smallest absolute Gasteiger partial charge is 0.198 e. The van der Waals surface area contributed by atoms with Gasteiger partial charge in [0.15, 0.2) is 10.5 Å². The molecule has 0 unspecified atom stereocenters. The molecule has 74 valence electrons. The average Bonchev–Trinajstić information content (AvgIpc) is 2.15. The number of Topliss-reactive ketones (excluding diaryl/α,β-unsaturated/α-hetero) is 1. The Balaban J connectivity index is 2.70. The van der Waals surface area contributed by atoms with Crippen molar-refractivity contribution in [1.29, 1.82) is 0 Å². The van der Waals surface area contributed by atoms with Crippen molar-refractivity contribution in [3.63, 3.8) is 0 Å². The zero-order chi connectivity index (χ0) is 10.6. The van der Waals surface area contributed by atoms with E-state index in [1.54, 1.807) is 24.3 Å². The molecule has 0 amide bonds. The second kappa shape index (κ2) is 5.27. The van der Waals surface area contributed by atoms with Gasteiger partial charge >= 0.3 is 0 Å². The van der Waals surface area contributed by atoms with E-state index in [-0.39, 0.29) is 23.3 Å². The van der Waals surface area contributed by atoms with Crippen LogP contribution in [0, 0.1) is 0 Å². The highest BCUT2D eigenvalue weighted by Crippen LogP contribution is 2.17. The molecule has 1 aromatic rings. The van der Waals surface area contributed by atoms with Gasteiger partial charge in [-0.2, -0.15) is 0 Å². The lowest BCUT2D eigenvalue weighted by atomic mass is 10.1. The normalized spacial score (nSPS) is 9.86. The third-order valence-corrected chi connectivity index (χ3v) is 2.45. The Morgan fingerprint density at radius 1 is 1.21 bits per heavy atom. The van der Waals surface area contributed by atoms with Crippen LogP contribution in [0.15, 0.2) is 24.3 Å². The van der Waals surface area contributed by atoms with Crippen LogP contribution < -0.4 is 0 Å². The SMILES string of the molecule is O=C(Br)CCC(=O)c1ccccc1Cl. The third kappa shape index (κ3) is 3.24. The molecule has 0 aliphatic carbocycles. The fourth-order valence-corrected chi connectivity index (χ4v) is 1.47. The Labute approximate surface area is 95.4 Å². The summed E-state index contributed by atoms with van der Waals surface area (Å²) in [6, 6.07) is 6.82. The van der Waals surface area contributed by atoms with Gasteiger partial charge in [-0.3, -0.25) is 9.59 Å². The zero-order valence-electron chi connectivity index (χ0n) is 7.30. The van der Waals surface area contributed by atoms with E-state index in [1.807, 2.05) is 0 Å². The molecule has 0 fully saturated rings. The second-order valence-corrected chi connectivity index (χ2v) is 4.05. The first kappa shape index (κ1) is 11.4. The molecule has 0 bridgehead atoms. The Kier molecular flexibility index (Phi) is 4.29. The molecule has 14 heavy (non-hydrogen) atoms. The Bertz CT molecular complexity index is 363. The Morgan fingerprint density at radius 3 is 2.43 bits per heavy atom. The van der Waals surface area contributed by atoms with E-state index >= 15 is 0 Å². The highest BCUT2D eigenvalue weighted by molar-refractivity contribution is 9.18. The van der Waals surface area contributed by atoms with Gasteiger partial charge in [-0.15, -0.1) is 0 Å². The van der Waals surface area contributed by atoms with Crippen LogP contribution in [0.4, 0.5) is 0 Å². The highest BCUT2D eigenvalue weighted by Gasteiger charge is 2.10. The molecule has 0 saturated carbocycles. The molecule has 2 nitrogen and oxygen atoms in total. The zero-order valence-corrected chi connectivity index (χ0v) is 9.64. The lowest BCUT2D eigenvalue weighted by Gasteiger charge is -2.00. The first-order valence-electron chi connectivity index (χ1n) is 4.07. The molecule has 0 spiro atoms. The van der Waals surface area contributed by atoms with Crippen molar-refractivity contribution >= 4 is 38.0 Å². The molecule has 1 rings (SSSR count). The predicted octanol–water partition coefficient (Wildman–Crippen LogP) is 3.22. The Hall–Kier alpha value is -0.670. The first-order valence-corrected chi connectivity index (χ1v) is 5.24. The number of carbonyl (C=O) groups is 2. The fraction of sp³-hybridized carbons (Fsp3) is 0.200. The number of benzene rings is 1. The summed E-state index contributed by atoms with van der Waals surface area (Å²) in [5, 5.41) is 0.430. The summed E-state index contributed by atoms with van der Waals surface area (Å²) < 4.78 is -0.169. The minimum atomic E-state index is -0.169. The topological polar surface area (TPSA) is 34.1 Å². The van der Waals surface area contributed by atoms with Crippen molar-refractivity contribution in [3.05, 3.63) is 34.9 Å². The maximum atomic E-state index is 11.5. The highest BCUT2D eigenvalue weighted by atomic mass is 79.9. The number of hydrogen-bond acceptors (Lipinski definition) is 2. The summed E-state index contributed by atoms with van der Waals surface area (Å²) >= 11 is 8.59. The van der Waals surface area contributed by atoms with Crippen molar-refractivity contribution < 1.29 is 9.59 Å². The average molecular weight is 276 g/mol. The first-order chi connectivity index (χ1) is 6.61. The molecule has 0 heterocycles. The van der Waals surface area contributed by atoms with Crippen molar-refractivity contribution in [2.75, 3.05) is 0 Å². The molecular weight excluding hydrogens is 267 g/mol. The van der Waals surface area contributed by atoms with Gasteiger partial charge in [0, 0.05) is 18.4 Å². The van der Waals surface area contributed by atoms with E-state index in [1.165, 1.54) is 0 Å². The predicted molar refractivity (Wildman–Crippen MR) is 59.0 cm³/mol. The van der Waals surface area contributed by atoms with Crippen LogP contribution in [-0.4, -0.2) is 10.5 Å². The van der Waals surface area contributed by atoms with E-state index in [0.717, 1.165) is 0 Å². The molecular formula is C10H8BrClO2. The van der Waals surface area contributed by atoms with Gasteiger partial charge in [0.2, 0.25) is 0 Å². The van der Waals surface area contributed by atoms with Crippen molar-refractivity contribution in [3.8, 4) is 0 Å². The number of rotatable bonds is 4. The summed E-state index contributed by atoms with van der Waals surface area (Å²) in [6.07, 6.45) is 0.387. The van der Waals surface area contributed by atoms with Gasteiger partial charge in [0.05, 0.1) is 5.02 Å². The van der Waals surface area contributed by atoms with E-state index in [4.69, 9.17) is 11.6 Å². The third-order valence-electron chi connectivity index (χ3n) is 1.72. The van der Waals surface area contributed by atoms with Crippen LogP contribution in [0.1, 0.15) is 23.2 Å². The fourth-order valence-electron chi connectivity index (χ4n) is 1.03. The maximum Gasteiger partial charge on any atom is 0.198 e. The van der Waals surface area contributed by atoms with Gasteiger partial charge in [-0.1, -0.05) is 23.7 Å². The van der Waals surface area contributed by atoms with Crippen LogP contribution in [-0.2, 0) is 4.79 Å². The van der Waals surface area contributed by atoms with Gasteiger partial charge in [-0.05, 0) is 28.1 Å². The Morgan fingerprint density at radius 2 is 1.86 bits per heavy atom. The van der Waals surface area contributed by atoms with E-state index in [2.05, 4.69) is 15.9 Å². The van der Waals surface area contributed by atoms with Gasteiger partial charge in [0.1, 0.15) is 0 Å². The van der Waals surface area contributed by atoms with Crippen LogP contribution in [0.5, 0.6) is 0 Å². The maximum absolute atomic E-state index is 11.5. The van der Waals surface area contributed by atoms with Gasteiger partial charge < -0.3 is 0 Å². The summed E-state index contributed by atoms with van der Waals surface area (Å²) in [5.41, 5.74) is 0.475. The molecule has 0 N–H and O–H groups in total. The lowest BCUT2D eigenvalue weighted by molar-refractivity contribution is -0.110. The van der Waals surface area contributed by atoms with Gasteiger partial charge in [-0.25, -0.2) is 0 Å². The standard InChI is InChI=1S/C10H8BrClO2/c11-10(14)6-5-9(13)7-3-1-2-4-8(7)12/h1-4H,5-6H2. The lowest BCUT2D eigenvalue weighted by Crippen LogP contribution is -2.01. The minimum absolute atomic E-state index is 0.108. The number of hydrogen-bond donors (Lipinski definition) is 0. The van der Waals surface area contributed by atoms with E-state index in [9.17, 15) is 9.59 Å². The van der Waals surface area contributed by atoms with E-state index in [0.29, 0.717) is 10.6 Å². The van der Waals surface area contributed by atoms with Crippen molar-refractivity contribution in [2.45, 2.75) is 12.8 Å². The summed E-state index contributed by atoms with van der Waals surface area (Å²) in [6.45, 7) is 0. The summed E-state index contributed by atoms with van der Waals surface area (Å²) in [5.74, 6) is -0.108. The van der Waals surface area contributed by atoms with E-state index < -0.39 is 0 Å². The number of ketones is 1. The number of halogens is 2. The van der Waals surface area contributed by atoms with Crippen LogP contribution in [0.2, 0.25) is 5.02 Å². The molecule has 0 saturated heterocycles. The molecule has 1 aromatic carbocycles. The molecule has 4 heteroatoms. The van der Waals surface area contributed by atoms with Crippen LogP contribution in [0.3, 0.4) is 0 Å². The molecule has 0 aliphatic rings. The second-order valence-electron chi connectivity index (χ2n) is 2.76.